The molecule has 0 amide bonds. The Hall–Kier alpha value is -1.51. The van der Waals surface area contributed by atoms with E-state index in [2.05, 4.69) is 31.0 Å². The van der Waals surface area contributed by atoms with E-state index in [1.807, 2.05) is 10.6 Å². The first kappa shape index (κ1) is 8.10. The number of imidazole rings is 1. The summed E-state index contributed by atoms with van der Waals surface area (Å²) in [6.45, 7) is 5.01. The number of anilines is 1. The van der Waals surface area contributed by atoms with Crippen LogP contribution in [0.3, 0.4) is 0 Å². The second-order valence-electron chi connectivity index (χ2n) is 3.21. The lowest BCUT2D eigenvalue weighted by molar-refractivity contribution is 0.800. The Morgan fingerprint density at radius 1 is 1.46 bits per heavy atom. The smallest absolute Gasteiger partial charge is 0.201 e. The molecule has 2 N–H and O–H groups in total. The van der Waals surface area contributed by atoms with Gasteiger partial charge in [0.25, 0.3) is 0 Å². The highest BCUT2D eigenvalue weighted by molar-refractivity contribution is 5.78. The Labute approximate surface area is 77.2 Å². The summed E-state index contributed by atoms with van der Waals surface area (Å²) in [6, 6.07) is 6.17. The van der Waals surface area contributed by atoms with Gasteiger partial charge in [0.2, 0.25) is 5.95 Å². The van der Waals surface area contributed by atoms with Crippen molar-refractivity contribution >= 4 is 17.0 Å². The molecule has 3 heteroatoms. The first-order valence-electron chi connectivity index (χ1n) is 4.44. The van der Waals surface area contributed by atoms with Gasteiger partial charge < -0.3 is 10.3 Å². The average molecular weight is 175 g/mol. The van der Waals surface area contributed by atoms with Crippen LogP contribution in [-0.4, -0.2) is 9.55 Å². The third-order valence-corrected chi connectivity index (χ3v) is 2.25. The predicted molar refractivity (Wildman–Crippen MR) is 54.6 cm³/mol. The fraction of sp³-hybridized carbons (Fsp3) is 0.300. The molecule has 1 aromatic heterocycles. The van der Waals surface area contributed by atoms with Crippen LogP contribution in [0.15, 0.2) is 18.2 Å². The second-order valence-corrected chi connectivity index (χ2v) is 3.21. The average Bonchev–Trinajstić information content (AvgIpc) is 2.40. The van der Waals surface area contributed by atoms with Gasteiger partial charge in [-0.1, -0.05) is 6.07 Å². The second kappa shape index (κ2) is 2.76. The molecule has 3 nitrogen and oxygen atoms in total. The molecule has 0 atom stereocenters. The molecule has 2 rings (SSSR count). The molecule has 0 aliphatic heterocycles. The van der Waals surface area contributed by atoms with Crippen LogP contribution in [0.4, 0.5) is 5.95 Å². The summed E-state index contributed by atoms with van der Waals surface area (Å²) in [5, 5.41) is 0. The third kappa shape index (κ3) is 1.16. The van der Waals surface area contributed by atoms with Gasteiger partial charge in [0.15, 0.2) is 0 Å². The number of nitrogens with zero attached hydrogens (tertiary/aromatic N) is 2. The number of aryl methyl sites for hydroxylation is 2. The van der Waals surface area contributed by atoms with Gasteiger partial charge in [-0.3, -0.25) is 0 Å². The Balaban J connectivity index is 2.80. The van der Waals surface area contributed by atoms with Crippen molar-refractivity contribution < 1.29 is 0 Å². The largest absolute Gasteiger partial charge is 0.369 e. The van der Waals surface area contributed by atoms with E-state index in [1.54, 1.807) is 0 Å². The Bertz CT molecular complexity index is 443. The maximum absolute atomic E-state index is 5.77. The van der Waals surface area contributed by atoms with Crippen LogP contribution in [-0.2, 0) is 6.54 Å². The van der Waals surface area contributed by atoms with Crippen LogP contribution in [0.1, 0.15) is 12.5 Å². The fourth-order valence-corrected chi connectivity index (χ4v) is 1.58. The van der Waals surface area contributed by atoms with Crippen molar-refractivity contribution in [3.63, 3.8) is 0 Å². The molecule has 0 bridgehead atoms. The Morgan fingerprint density at radius 2 is 2.23 bits per heavy atom. The molecule has 1 aromatic carbocycles. The highest BCUT2D eigenvalue weighted by Gasteiger charge is 2.05. The minimum atomic E-state index is 0.600. The number of hydrogen-bond acceptors (Lipinski definition) is 2. The van der Waals surface area contributed by atoms with Gasteiger partial charge in [-0.2, -0.15) is 0 Å². The van der Waals surface area contributed by atoms with E-state index >= 15 is 0 Å². The zero-order valence-electron chi connectivity index (χ0n) is 7.91. The van der Waals surface area contributed by atoms with Crippen molar-refractivity contribution in [1.82, 2.24) is 9.55 Å². The Kier molecular flexibility index (Phi) is 1.72. The third-order valence-electron chi connectivity index (χ3n) is 2.25. The van der Waals surface area contributed by atoms with E-state index in [-0.39, 0.29) is 0 Å². The molecule has 0 fully saturated rings. The summed E-state index contributed by atoms with van der Waals surface area (Å²) >= 11 is 0. The maximum Gasteiger partial charge on any atom is 0.201 e. The quantitative estimate of drug-likeness (QED) is 0.719. The van der Waals surface area contributed by atoms with Gasteiger partial charge in [-0.05, 0) is 31.5 Å². The lowest BCUT2D eigenvalue weighted by atomic mass is 10.2. The molecule has 0 radical (unpaired) electrons. The number of hydrogen-bond donors (Lipinski definition) is 1. The molecule has 2 aromatic rings. The molecule has 13 heavy (non-hydrogen) atoms. The first-order valence-corrected chi connectivity index (χ1v) is 4.44. The first-order chi connectivity index (χ1) is 6.22. The number of fused-ring (bicyclic) bond motifs is 1. The number of nitrogens with two attached hydrogens (primary N) is 1. The van der Waals surface area contributed by atoms with Crippen LogP contribution in [0.2, 0.25) is 0 Å². The summed E-state index contributed by atoms with van der Waals surface area (Å²) < 4.78 is 2.02. The van der Waals surface area contributed by atoms with Crippen LogP contribution in [0.25, 0.3) is 11.0 Å². The number of aromatic nitrogens is 2. The van der Waals surface area contributed by atoms with Crippen molar-refractivity contribution in [3.05, 3.63) is 23.8 Å². The van der Waals surface area contributed by atoms with Gasteiger partial charge in [0.1, 0.15) is 0 Å². The number of benzene rings is 1. The molecular formula is C10H13N3. The summed E-state index contributed by atoms with van der Waals surface area (Å²) in [7, 11) is 0. The minimum absolute atomic E-state index is 0.600. The van der Waals surface area contributed by atoms with E-state index < -0.39 is 0 Å². The molecule has 68 valence electrons. The van der Waals surface area contributed by atoms with E-state index in [9.17, 15) is 0 Å². The molecule has 0 spiro atoms. The summed E-state index contributed by atoms with van der Waals surface area (Å²) in [5.41, 5.74) is 9.11. The van der Waals surface area contributed by atoms with Crippen molar-refractivity contribution in [3.8, 4) is 0 Å². The van der Waals surface area contributed by atoms with Crippen LogP contribution in [0, 0.1) is 6.92 Å². The summed E-state index contributed by atoms with van der Waals surface area (Å²) in [6.07, 6.45) is 0. The van der Waals surface area contributed by atoms with Crippen LogP contribution >= 0.6 is 0 Å². The molecule has 0 aliphatic carbocycles. The van der Waals surface area contributed by atoms with Crippen molar-refractivity contribution in [2.24, 2.45) is 0 Å². The van der Waals surface area contributed by atoms with Crippen molar-refractivity contribution in [2.45, 2.75) is 20.4 Å². The maximum atomic E-state index is 5.77. The molecule has 0 unspecified atom stereocenters. The molecule has 0 saturated carbocycles. The van der Waals surface area contributed by atoms with Gasteiger partial charge in [0.05, 0.1) is 11.0 Å². The highest BCUT2D eigenvalue weighted by Crippen LogP contribution is 2.18. The van der Waals surface area contributed by atoms with Gasteiger partial charge in [-0.15, -0.1) is 0 Å². The SMILES string of the molecule is CCn1c(N)nc2ccc(C)cc21. The van der Waals surface area contributed by atoms with E-state index in [4.69, 9.17) is 5.73 Å². The van der Waals surface area contributed by atoms with Crippen LogP contribution in [0.5, 0.6) is 0 Å². The van der Waals surface area contributed by atoms with Crippen molar-refractivity contribution in [1.29, 1.82) is 0 Å². The van der Waals surface area contributed by atoms with Gasteiger partial charge in [-0.25, -0.2) is 4.98 Å². The molecule has 0 aliphatic rings. The number of nitrogen functional groups attached to an aromatic ring is 1. The van der Waals surface area contributed by atoms with E-state index in [0.717, 1.165) is 17.6 Å². The molecule has 1 heterocycles. The lowest BCUT2D eigenvalue weighted by Gasteiger charge is -2.01. The zero-order valence-corrected chi connectivity index (χ0v) is 7.91. The van der Waals surface area contributed by atoms with Gasteiger partial charge in [0, 0.05) is 6.54 Å². The normalized spacial score (nSPS) is 10.9. The summed E-state index contributed by atoms with van der Waals surface area (Å²) in [4.78, 5) is 4.27. The van der Waals surface area contributed by atoms with E-state index in [0.29, 0.717) is 5.95 Å². The zero-order chi connectivity index (χ0) is 9.42. The van der Waals surface area contributed by atoms with E-state index in [1.165, 1.54) is 5.56 Å². The lowest BCUT2D eigenvalue weighted by Crippen LogP contribution is -2.00. The van der Waals surface area contributed by atoms with Crippen molar-refractivity contribution in [2.75, 3.05) is 5.73 Å². The topological polar surface area (TPSA) is 43.8 Å². The minimum Gasteiger partial charge on any atom is -0.369 e. The molecular weight excluding hydrogens is 162 g/mol. The van der Waals surface area contributed by atoms with Crippen LogP contribution < -0.4 is 5.73 Å². The fourth-order valence-electron chi connectivity index (χ4n) is 1.58. The van der Waals surface area contributed by atoms with Gasteiger partial charge >= 0.3 is 0 Å². The summed E-state index contributed by atoms with van der Waals surface area (Å²) in [5.74, 6) is 0.600. The highest BCUT2D eigenvalue weighted by atomic mass is 15.1. The predicted octanol–water partition coefficient (Wildman–Crippen LogP) is 1.95. The number of rotatable bonds is 1. The standard InChI is InChI=1S/C10H13N3/c1-3-13-9-6-7(2)4-5-8(9)12-10(13)11/h4-6H,3H2,1-2H3,(H2,11,12). The Morgan fingerprint density at radius 3 is 2.92 bits per heavy atom. The monoisotopic (exact) mass is 175 g/mol. The molecule has 0 saturated heterocycles.